The first kappa shape index (κ1) is 14.8. The van der Waals surface area contributed by atoms with E-state index in [-0.39, 0.29) is 6.04 Å². The zero-order valence-corrected chi connectivity index (χ0v) is 11.4. The lowest BCUT2D eigenvalue weighted by atomic mass is 9.98. The lowest BCUT2D eigenvalue weighted by Gasteiger charge is -2.18. The molecule has 0 aliphatic heterocycles. The van der Waals surface area contributed by atoms with E-state index in [2.05, 4.69) is 10.3 Å². The summed E-state index contributed by atoms with van der Waals surface area (Å²) in [6.07, 6.45) is 1.81. The van der Waals surface area contributed by atoms with E-state index in [4.69, 9.17) is 4.74 Å². The average Bonchev–Trinajstić information content (AvgIpc) is 2.47. The van der Waals surface area contributed by atoms with Crippen molar-refractivity contribution in [3.8, 4) is 0 Å². The summed E-state index contributed by atoms with van der Waals surface area (Å²) in [6.45, 7) is -0.208. The minimum Gasteiger partial charge on any atom is -0.375 e. The molecule has 0 spiro atoms. The molecule has 0 saturated carbocycles. The molecule has 1 aromatic heterocycles. The van der Waals surface area contributed by atoms with Gasteiger partial charge in [0.2, 0.25) is 0 Å². The molecule has 0 aliphatic rings. The second kappa shape index (κ2) is 7.26. The van der Waals surface area contributed by atoms with Gasteiger partial charge in [0.1, 0.15) is 6.61 Å². The summed E-state index contributed by atoms with van der Waals surface area (Å²) < 4.78 is 29.0. The third-order valence-corrected chi connectivity index (χ3v) is 3.24. The molecule has 1 aromatic carbocycles. The van der Waals surface area contributed by atoms with Crippen LogP contribution in [0.2, 0.25) is 0 Å². The number of benzene rings is 1. The zero-order valence-electron chi connectivity index (χ0n) is 11.4. The summed E-state index contributed by atoms with van der Waals surface area (Å²) in [7, 11) is 1.85. The largest absolute Gasteiger partial charge is 0.375 e. The molecule has 1 heterocycles. The van der Waals surface area contributed by atoms with Crippen molar-refractivity contribution in [2.24, 2.45) is 0 Å². The Morgan fingerprint density at radius 1 is 1.30 bits per heavy atom. The van der Waals surface area contributed by atoms with Crippen LogP contribution in [0, 0.1) is 0 Å². The van der Waals surface area contributed by atoms with Crippen molar-refractivity contribution >= 4 is 10.8 Å². The Kier molecular flexibility index (Phi) is 5.38. The Labute approximate surface area is 117 Å². The summed E-state index contributed by atoms with van der Waals surface area (Å²) in [4.78, 5) is 4.15. The van der Waals surface area contributed by atoms with E-state index < -0.39 is 13.0 Å². The van der Waals surface area contributed by atoms with E-state index >= 15 is 0 Å². The quantitative estimate of drug-likeness (QED) is 0.791. The standard InChI is InChI=1S/C15H18F2N2O/c1-18-14(6-8-20-10-15(16)17)12-4-2-3-11-5-7-19-9-13(11)12/h2-5,7,9,14-15,18H,6,8,10H2,1H3. The van der Waals surface area contributed by atoms with Crippen molar-refractivity contribution in [1.82, 2.24) is 10.3 Å². The molecule has 1 atom stereocenters. The highest BCUT2D eigenvalue weighted by atomic mass is 19.3. The van der Waals surface area contributed by atoms with Gasteiger partial charge in [0.05, 0.1) is 0 Å². The van der Waals surface area contributed by atoms with Crippen LogP contribution >= 0.6 is 0 Å². The van der Waals surface area contributed by atoms with Crippen LogP contribution in [0.3, 0.4) is 0 Å². The van der Waals surface area contributed by atoms with Gasteiger partial charge in [0.25, 0.3) is 6.43 Å². The number of nitrogens with zero attached hydrogens (tertiary/aromatic N) is 1. The highest BCUT2D eigenvalue weighted by molar-refractivity contribution is 5.85. The number of aromatic nitrogens is 1. The Morgan fingerprint density at radius 2 is 2.15 bits per heavy atom. The summed E-state index contributed by atoms with van der Waals surface area (Å²) in [5.41, 5.74) is 1.11. The minimum absolute atomic E-state index is 0.0561. The monoisotopic (exact) mass is 280 g/mol. The van der Waals surface area contributed by atoms with Crippen LogP contribution in [0.25, 0.3) is 10.8 Å². The number of rotatable bonds is 7. The summed E-state index contributed by atoms with van der Waals surface area (Å²) >= 11 is 0. The molecule has 0 amide bonds. The number of halogens is 2. The predicted molar refractivity (Wildman–Crippen MR) is 75.0 cm³/mol. The van der Waals surface area contributed by atoms with Crippen LogP contribution in [0.1, 0.15) is 18.0 Å². The van der Waals surface area contributed by atoms with Gasteiger partial charge in [-0.1, -0.05) is 18.2 Å². The fourth-order valence-electron chi connectivity index (χ4n) is 2.27. The predicted octanol–water partition coefficient (Wildman–Crippen LogP) is 3.17. The number of nitrogens with one attached hydrogen (secondary N) is 1. The smallest absolute Gasteiger partial charge is 0.261 e. The zero-order chi connectivity index (χ0) is 14.4. The number of pyridine rings is 1. The molecule has 0 bridgehead atoms. The molecule has 108 valence electrons. The van der Waals surface area contributed by atoms with E-state index in [1.807, 2.05) is 37.5 Å². The van der Waals surface area contributed by atoms with Crippen molar-refractivity contribution in [1.29, 1.82) is 0 Å². The van der Waals surface area contributed by atoms with E-state index in [0.29, 0.717) is 13.0 Å². The lowest BCUT2D eigenvalue weighted by Crippen LogP contribution is -2.19. The Bertz CT molecular complexity index is 543. The van der Waals surface area contributed by atoms with Gasteiger partial charge in [-0.2, -0.15) is 0 Å². The van der Waals surface area contributed by atoms with Gasteiger partial charge in [0.15, 0.2) is 0 Å². The van der Waals surface area contributed by atoms with Crippen LogP contribution < -0.4 is 5.32 Å². The highest BCUT2D eigenvalue weighted by Gasteiger charge is 2.13. The number of alkyl halides is 2. The van der Waals surface area contributed by atoms with E-state index in [1.54, 1.807) is 6.20 Å². The first-order chi connectivity index (χ1) is 9.72. The second-order valence-electron chi connectivity index (χ2n) is 4.54. The van der Waals surface area contributed by atoms with Crippen molar-refractivity contribution in [2.45, 2.75) is 18.9 Å². The van der Waals surface area contributed by atoms with Gasteiger partial charge in [-0.05, 0) is 30.5 Å². The highest BCUT2D eigenvalue weighted by Crippen LogP contribution is 2.25. The molecule has 0 aliphatic carbocycles. The fraction of sp³-hybridized carbons (Fsp3) is 0.400. The fourth-order valence-corrected chi connectivity index (χ4v) is 2.27. The molecule has 5 heteroatoms. The normalized spacial score (nSPS) is 13.0. The summed E-state index contributed by atoms with van der Waals surface area (Å²) in [6, 6.07) is 8.06. The Balaban J connectivity index is 2.09. The maximum absolute atomic E-state index is 12.0. The third-order valence-electron chi connectivity index (χ3n) is 3.24. The van der Waals surface area contributed by atoms with Gasteiger partial charge < -0.3 is 10.1 Å². The van der Waals surface area contributed by atoms with Gasteiger partial charge >= 0.3 is 0 Å². The summed E-state index contributed by atoms with van der Waals surface area (Å²) in [5.74, 6) is 0. The second-order valence-corrected chi connectivity index (χ2v) is 4.54. The molecule has 0 fully saturated rings. The van der Waals surface area contributed by atoms with Gasteiger partial charge in [0, 0.05) is 30.4 Å². The topological polar surface area (TPSA) is 34.1 Å². The SMILES string of the molecule is CNC(CCOCC(F)F)c1cccc2ccncc12. The van der Waals surface area contributed by atoms with Gasteiger partial charge in [-0.3, -0.25) is 4.98 Å². The van der Waals surface area contributed by atoms with Gasteiger partial charge in [-0.15, -0.1) is 0 Å². The van der Waals surface area contributed by atoms with Crippen molar-refractivity contribution in [2.75, 3.05) is 20.3 Å². The van der Waals surface area contributed by atoms with Crippen LogP contribution in [0.4, 0.5) is 8.78 Å². The molecule has 2 aromatic rings. The molecule has 3 nitrogen and oxygen atoms in total. The third kappa shape index (κ3) is 3.71. The van der Waals surface area contributed by atoms with Crippen molar-refractivity contribution < 1.29 is 13.5 Å². The molecule has 0 saturated heterocycles. The van der Waals surface area contributed by atoms with E-state index in [9.17, 15) is 8.78 Å². The first-order valence-electron chi connectivity index (χ1n) is 6.58. The van der Waals surface area contributed by atoms with E-state index in [1.165, 1.54) is 0 Å². The minimum atomic E-state index is -2.41. The van der Waals surface area contributed by atoms with Crippen molar-refractivity contribution in [3.63, 3.8) is 0 Å². The Morgan fingerprint density at radius 3 is 2.90 bits per heavy atom. The number of hydrogen-bond donors (Lipinski definition) is 1. The summed E-state index contributed by atoms with van der Waals surface area (Å²) in [5, 5.41) is 5.39. The number of hydrogen-bond acceptors (Lipinski definition) is 3. The molecule has 20 heavy (non-hydrogen) atoms. The number of fused-ring (bicyclic) bond motifs is 1. The molecule has 1 unspecified atom stereocenters. The lowest BCUT2D eigenvalue weighted by molar-refractivity contribution is 0.0146. The number of ether oxygens (including phenoxy) is 1. The molecular formula is C15H18F2N2O. The van der Waals surface area contributed by atoms with Crippen LogP contribution in [0.15, 0.2) is 36.7 Å². The maximum Gasteiger partial charge on any atom is 0.261 e. The first-order valence-corrected chi connectivity index (χ1v) is 6.58. The van der Waals surface area contributed by atoms with E-state index in [0.717, 1.165) is 16.3 Å². The molecular weight excluding hydrogens is 262 g/mol. The Hall–Kier alpha value is -1.59. The van der Waals surface area contributed by atoms with Gasteiger partial charge in [-0.25, -0.2) is 8.78 Å². The molecule has 0 radical (unpaired) electrons. The maximum atomic E-state index is 12.0. The van der Waals surface area contributed by atoms with Crippen LogP contribution in [-0.2, 0) is 4.74 Å². The molecule has 1 N–H and O–H groups in total. The van der Waals surface area contributed by atoms with Crippen molar-refractivity contribution in [3.05, 3.63) is 42.2 Å². The van der Waals surface area contributed by atoms with Crippen LogP contribution in [-0.4, -0.2) is 31.7 Å². The van der Waals surface area contributed by atoms with Crippen LogP contribution in [0.5, 0.6) is 0 Å². The average molecular weight is 280 g/mol. The molecule has 2 rings (SSSR count).